The van der Waals surface area contributed by atoms with E-state index in [1.54, 1.807) is 24.3 Å². The standard InChI is InChI=1S/C15H15N5O4S/c1-24-8-11-18-19-14(25-11)16-10(21)7-20-13(22)12(17-15(20)23)9-5-3-2-4-6-9/h2-6,12H,7-8H2,1H3,(H,17,23)(H,16,19,21). The summed E-state index contributed by atoms with van der Waals surface area (Å²) >= 11 is 1.16. The molecular weight excluding hydrogens is 346 g/mol. The van der Waals surface area contributed by atoms with Gasteiger partial charge in [0.1, 0.15) is 24.2 Å². The second-order valence-corrected chi connectivity index (χ2v) is 6.26. The largest absolute Gasteiger partial charge is 0.377 e. The molecule has 0 aliphatic carbocycles. The third-order valence-electron chi connectivity index (χ3n) is 3.44. The molecule has 0 radical (unpaired) electrons. The van der Waals surface area contributed by atoms with Crippen LogP contribution in [0.1, 0.15) is 16.6 Å². The summed E-state index contributed by atoms with van der Waals surface area (Å²) in [6.07, 6.45) is 0. The minimum absolute atomic E-state index is 0.281. The number of amides is 4. The van der Waals surface area contributed by atoms with Crippen LogP contribution in [-0.4, -0.2) is 46.6 Å². The predicted octanol–water partition coefficient (Wildman–Crippen LogP) is 0.916. The van der Waals surface area contributed by atoms with E-state index in [1.807, 2.05) is 6.07 Å². The van der Waals surface area contributed by atoms with E-state index >= 15 is 0 Å². The molecule has 1 aromatic heterocycles. The molecule has 1 aliphatic heterocycles. The first kappa shape index (κ1) is 17.0. The maximum absolute atomic E-state index is 12.4. The Hall–Kier alpha value is -2.85. The molecule has 1 saturated heterocycles. The van der Waals surface area contributed by atoms with Gasteiger partial charge in [-0.1, -0.05) is 41.7 Å². The van der Waals surface area contributed by atoms with Gasteiger partial charge in [-0.25, -0.2) is 4.79 Å². The van der Waals surface area contributed by atoms with Gasteiger partial charge in [0.25, 0.3) is 5.91 Å². The average Bonchev–Trinajstić information content (AvgIpc) is 3.15. The molecule has 1 aromatic carbocycles. The van der Waals surface area contributed by atoms with Crippen LogP contribution in [0.25, 0.3) is 0 Å². The molecule has 1 unspecified atom stereocenters. The SMILES string of the molecule is COCc1nnc(NC(=O)CN2C(=O)NC(c3ccccc3)C2=O)s1. The van der Waals surface area contributed by atoms with Gasteiger partial charge >= 0.3 is 6.03 Å². The van der Waals surface area contributed by atoms with E-state index in [-0.39, 0.29) is 5.13 Å². The summed E-state index contributed by atoms with van der Waals surface area (Å²) in [4.78, 5) is 37.4. The summed E-state index contributed by atoms with van der Waals surface area (Å²) < 4.78 is 4.93. The summed E-state index contributed by atoms with van der Waals surface area (Å²) in [6.45, 7) is -0.105. The van der Waals surface area contributed by atoms with Gasteiger partial charge in [0.05, 0.1) is 0 Å². The lowest BCUT2D eigenvalue weighted by Gasteiger charge is -2.12. The molecule has 2 N–H and O–H groups in total. The first-order valence-corrected chi connectivity index (χ1v) is 8.18. The van der Waals surface area contributed by atoms with Crippen LogP contribution in [0.15, 0.2) is 30.3 Å². The maximum atomic E-state index is 12.4. The zero-order valence-corrected chi connectivity index (χ0v) is 14.1. The first-order valence-electron chi connectivity index (χ1n) is 7.36. The number of carbonyl (C=O) groups excluding carboxylic acids is 3. The molecule has 130 valence electrons. The number of benzene rings is 1. The van der Waals surface area contributed by atoms with Crippen LogP contribution in [0, 0.1) is 0 Å². The van der Waals surface area contributed by atoms with Crippen LogP contribution in [0.5, 0.6) is 0 Å². The van der Waals surface area contributed by atoms with Crippen LogP contribution < -0.4 is 10.6 Å². The number of hydrogen-bond donors (Lipinski definition) is 2. The van der Waals surface area contributed by atoms with Crippen LogP contribution in [0.2, 0.25) is 0 Å². The van der Waals surface area contributed by atoms with Gasteiger partial charge < -0.3 is 10.1 Å². The second kappa shape index (κ2) is 7.36. The Balaban J connectivity index is 1.62. The van der Waals surface area contributed by atoms with E-state index in [2.05, 4.69) is 20.8 Å². The van der Waals surface area contributed by atoms with Gasteiger partial charge in [0, 0.05) is 7.11 Å². The molecule has 2 heterocycles. The number of ether oxygens (including phenoxy) is 1. The third kappa shape index (κ3) is 3.80. The van der Waals surface area contributed by atoms with Crippen LogP contribution in [0.4, 0.5) is 9.93 Å². The van der Waals surface area contributed by atoms with Gasteiger partial charge in [-0.05, 0) is 5.56 Å². The fraction of sp³-hybridized carbons (Fsp3) is 0.267. The molecule has 1 fully saturated rings. The lowest BCUT2D eigenvalue weighted by Crippen LogP contribution is -2.38. The van der Waals surface area contributed by atoms with Crippen LogP contribution >= 0.6 is 11.3 Å². The highest BCUT2D eigenvalue weighted by molar-refractivity contribution is 7.15. The molecule has 25 heavy (non-hydrogen) atoms. The van der Waals surface area contributed by atoms with Crippen molar-refractivity contribution in [1.29, 1.82) is 0 Å². The Morgan fingerprint density at radius 3 is 2.80 bits per heavy atom. The Morgan fingerprint density at radius 1 is 1.32 bits per heavy atom. The van der Waals surface area contributed by atoms with E-state index in [4.69, 9.17) is 4.74 Å². The zero-order chi connectivity index (χ0) is 17.8. The Labute approximate surface area is 147 Å². The second-order valence-electron chi connectivity index (χ2n) is 5.20. The van der Waals surface area contributed by atoms with Gasteiger partial charge in [-0.15, -0.1) is 10.2 Å². The summed E-state index contributed by atoms with van der Waals surface area (Å²) in [5.41, 5.74) is 0.664. The van der Waals surface area contributed by atoms with Crippen molar-refractivity contribution in [3.63, 3.8) is 0 Å². The lowest BCUT2D eigenvalue weighted by atomic mass is 10.1. The van der Waals surface area contributed by atoms with Crippen molar-refractivity contribution in [2.45, 2.75) is 12.6 Å². The molecule has 2 aromatic rings. The lowest BCUT2D eigenvalue weighted by molar-refractivity contribution is -0.130. The highest BCUT2D eigenvalue weighted by Crippen LogP contribution is 2.22. The summed E-state index contributed by atoms with van der Waals surface area (Å²) in [5.74, 6) is -0.999. The number of hydrogen-bond acceptors (Lipinski definition) is 7. The molecule has 0 bridgehead atoms. The highest BCUT2D eigenvalue weighted by atomic mass is 32.1. The summed E-state index contributed by atoms with van der Waals surface area (Å²) in [5, 5.41) is 13.6. The Bertz CT molecular complexity index is 794. The number of rotatable bonds is 6. The maximum Gasteiger partial charge on any atom is 0.325 e. The molecule has 0 saturated carbocycles. The topological polar surface area (TPSA) is 114 Å². The normalized spacial score (nSPS) is 16.8. The fourth-order valence-corrected chi connectivity index (χ4v) is 3.06. The van der Waals surface area contributed by atoms with E-state index in [9.17, 15) is 14.4 Å². The minimum atomic E-state index is -0.781. The number of nitrogens with zero attached hydrogens (tertiary/aromatic N) is 3. The first-order chi connectivity index (χ1) is 12.1. The van der Waals surface area contributed by atoms with E-state index < -0.39 is 30.4 Å². The van der Waals surface area contributed by atoms with E-state index in [0.717, 1.165) is 16.2 Å². The van der Waals surface area contributed by atoms with E-state index in [0.29, 0.717) is 17.2 Å². The van der Waals surface area contributed by atoms with Crippen molar-refractivity contribution >= 4 is 34.3 Å². The minimum Gasteiger partial charge on any atom is -0.377 e. The van der Waals surface area contributed by atoms with Crippen molar-refractivity contribution in [2.75, 3.05) is 19.0 Å². The Kier molecular flexibility index (Phi) is 5.00. The van der Waals surface area contributed by atoms with Gasteiger partial charge in [0.2, 0.25) is 11.0 Å². The van der Waals surface area contributed by atoms with Gasteiger partial charge in [0.15, 0.2) is 0 Å². The van der Waals surface area contributed by atoms with Crippen molar-refractivity contribution in [3.05, 3.63) is 40.9 Å². The average molecular weight is 361 g/mol. The van der Waals surface area contributed by atoms with Crippen LogP contribution in [-0.2, 0) is 20.9 Å². The van der Waals surface area contributed by atoms with Crippen molar-refractivity contribution in [2.24, 2.45) is 0 Å². The molecule has 1 atom stereocenters. The zero-order valence-electron chi connectivity index (χ0n) is 13.3. The number of nitrogens with one attached hydrogen (secondary N) is 2. The summed E-state index contributed by atoms with van der Waals surface area (Å²) in [7, 11) is 1.53. The van der Waals surface area contributed by atoms with Crippen molar-refractivity contribution in [1.82, 2.24) is 20.4 Å². The molecular formula is C15H15N5O4S. The molecule has 4 amide bonds. The number of anilines is 1. The fourth-order valence-electron chi connectivity index (χ4n) is 2.33. The molecule has 9 nitrogen and oxygen atoms in total. The number of urea groups is 1. The number of aromatic nitrogens is 2. The molecule has 3 rings (SSSR count). The van der Waals surface area contributed by atoms with Gasteiger partial charge in [-0.3, -0.25) is 19.8 Å². The van der Waals surface area contributed by atoms with Gasteiger partial charge in [-0.2, -0.15) is 0 Å². The predicted molar refractivity (Wildman–Crippen MR) is 88.7 cm³/mol. The third-order valence-corrected chi connectivity index (χ3v) is 4.25. The van der Waals surface area contributed by atoms with Crippen molar-refractivity contribution < 1.29 is 19.1 Å². The van der Waals surface area contributed by atoms with Crippen LogP contribution in [0.3, 0.4) is 0 Å². The monoisotopic (exact) mass is 361 g/mol. The highest BCUT2D eigenvalue weighted by Gasteiger charge is 2.39. The molecule has 0 spiro atoms. The molecule has 10 heteroatoms. The smallest absolute Gasteiger partial charge is 0.325 e. The Morgan fingerprint density at radius 2 is 2.08 bits per heavy atom. The van der Waals surface area contributed by atoms with E-state index in [1.165, 1.54) is 7.11 Å². The summed E-state index contributed by atoms with van der Waals surface area (Å²) in [6, 6.07) is 7.46. The molecule has 1 aliphatic rings. The van der Waals surface area contributed by atoms with Crippen molar-refractivity contribution in [3.8, 4) is 0 Å². The quantitative estimate of drug-likeness (QED) is 0.740. The number of methoxy groups -OCH3 is 1. The number of imide groups is 1. The number of carbonyl (C=O) groups is 3.